The molecule has 0 radical (unpaired) electrons. The van der Waals surface area contributed by atoms with Crippen molar-refractivity contribution in [1.29, 1.82) is 0 Å². The molecule has 0 aromatic heterocycles. The van der Waals surface area contributed by atoms with Crippen molar-refractivity contribution in [3.05, 3.63) is 35.9 Å². The molecule has 94 valence electrons. The fourth-order valence-corrected chi connectivity index (χ4v) is 2.72. The van der Waals surface area contributed by atoms with Gasteiger partial charge in [0, 0.05) is 19.8 Å². The minimum absolute atomic E-state index is 0.616. The lowest BCUT2D eigenvalue weighted by Gasteiger charge is -2.17. The van der Waals surface area contributed by atoms with Crippen molar-refractivity contribution in [2.75, 3.05) is 20.3 Å². The van der Waals surface area contributed by atoms with Gasteiger partial charge < -0.3 is 10.1 Å². The van der Waals surface area contributed by atoms with Gasteiger partial charge in [0.15, 0.2) is 0 Å². The lowest BCUT2D eigenvalue weighted by Crippen LogP contribution is -2.32. The Hall–Kier alpha value is -0.860. The van der Waals surface area contributed by atoms with Gasteiger partial charge in [0.25, 0.3) is 0 Å². The van der Waals surface area contributed by atoms with Crippen LogP contribution in [-0.2, 0) is 4.74 Å². The highest BCUT2D eigenvalue weighted by Gasteiger charge is 2.42. The molecular weight excluding hydrogens is 210 g/mol. The average Bonchev–Trinajstić information content (AvgIpc) is 3.16. The molecule has 2 heteroatoms. The summed E-state index contributed by atoms with van der Waals surface area (Å²) in [5, 5.41) is 3.60. The highest BCUT2D eigenvalue weighted by molar-refractivity contribution is 5.26. The summed E-state index contributed by atoms with van der Waals surface area (Å²) in [7, 11) is 1.78. The van der Waals surface area contributed by atoms with E-state index in [9.17, 15) is 0 Å². The number of methoxy groups -OCH3 is 1. The van der Waals surface area contributed by atoms with Crippen LogP contribution in [0.1, 0.15) is 31.2 Å². The molecule has 0 aliphatic heterocycles. The molecule has 0 amide bonds. The van der Waals surface area contributed by atoms with Crippen molar-refractivity contribution < 1.29 is 4.74 Å². The van der Waals surface area contributed by atoms with Crippen LogP contribution in [0, 0.1) is 5.92 Å². The van der Waals surface area contributed by atoms with Gasteiger partial charge in [0.1, 0.15) is 0 Å². The first-order valence-electron chi connectivity index (χ1n) is 6.64. The Bertz CT molecular complexity index is 325. The van der Waals surface area contributed by atoms with Crippen LogP contribution < -0.4 is 5.32 Å². The van der Waals surface area contributed by atoms with E-state index in [4.69, 9.17) is 4.74 Å². The van der Waals surface area contributed by atoms with E-state index in [0.29, 0.717) is 6.04 Å². The number of hydrogen-bond acceptors (Lipinski definition) is 2. The van der Waals surface area contributed by atoms with Crippen LogP contribution in [0.4, 0.5) is 0 Å². The van der Waals surface area contributed by atoms with Crippen LogP contribution in [0.15, 0.2) is 30.3 Å². The average molecular weight is 233 g/mol. The lowest BCUT2D eigenvalue weighted by molar-refractivity contribution is 0.179. The van der Waals surface area contributed by atoms with Gasteiger partial charge >= 0.3 is 0 Å². The van der Waals surface area contributed by atoms with Crippen LogP contribution in [0.3, 0.4) is 0 Å². The fourth-order valence-electron chi connectivity index (χ4n) is 2.72. The topological polar surface area (TPSA) is 21.3 Å². The zero-order chi connectivity index (χ0) is 12.1. The van der Waals surface area contributed by atoms with E-state index in [1.54, 1.807) is 7.11 Å². The molecule has 1 fully saturated rings. The van der Waals surface area contributed by atoms with E-state index in [2.05, 4.69) is 42.6 Å². The Morgan fingerprint density at radius 2 is 2.12 bits per heavy atom. The fraction of sp³-hybridized carbons (Fsp3) is 0.600. The third-order valence-corrected chi connectivity index (χ3v) is 3.68. The number of hydrogen-bond donors (Lipinski definition) is 1. The Balaban J connectivity index is 1.90. The predicted molar refractivity (Wildman–Crippen MR) is 71.2 cm³/mol. The maximum atomic E-state index is 5.20. The maximum Gasteiger partial charge on any atom is 0.0477 e. The van der Waals surface area contributed by atoms with Crippen molar-refractivity contribution in [3.8, 4) is 0 Å². The predicted octanol–water partition coefficient (Wildman–Crippen LogP) is 2.80. The third kappa shape index (κ3) is 3.30. The van der Waals surface area contributed by atoms with Crippen molar-refractivity contribution in [3.63, 3.8) is 0 Å². The van der Waals surface area contributed by atoms with Gasteiger partial charge in [0.2, 0.25) is 0 Å². The lowest BCUT2D eigenvalue weighted by atomic mass is 10.0. The second-order valence-corrected chi connectivity index (χ2v) is 4.86. The molecule has 2 nitrogen and oxygen atoms in total. The first-order chi connectivity index (χ1) is 8.36. The van der Waals surface area contributed by atoms with Gasteiger partial charge in [-0.05, 0) is 36.8 Å². The highest BCUT2D eigenvalue weighted by Crippen LogP contribution is 2.50. The van der Waals surface area contributed by atoms with E-state index in [1.807, 2.05) is 0 Å². The largest absolute Gasteiger partial charge is 0.385 e. The van der Waals surface area contributed by atoms with Crippen LogP contribution in [-0.4, -0.2) is 26.3 Å². The molecule has 0 heterocycles. The summed E-state index contributed by atoms with van der Waals surface area (Å²) in [5.74, 6) is 1.56. The molecule has 3 atom stereocenters. The van der Waals surface area contributed by atoms with Gasteiger partial charge in [-0.25, -0.2) is 0 Å². The number of benzene rings is 1. The summed E-state index contributed by atoms with van der Waals surface area (Å²) in [6, 6.07) is 11.5. The standard InChI is InChI=1S/C15H23NO/c1-3-16-15(9-10-17-2)14-11-13(14)12-7-5-4-6-8-12/h4-8,13-16H,3,9-11H2,1-2H3. The summed E-state index contributed by atoms with van der Waals surface area (Å²) in [6.07, 6.45) is 2.45. The summed E-state index contributed by atoms with van der Waals surface area (Å²) in [6.45, 7) is 4.09. The van der Waals surface area contributed by atoms with Crippen molar-refractivity contribution in [2.24, 2.45) is 5.92 Å². The Morgan fingerprint density at radius 3 is 2.76 bits per heavy atom. The van der Waals surface area contributed by atoms with Gasteiger partial charge in [-0.15, -0.1) is 0 Å². The van der Waals surface area contributed by atoms with Crippen LogP contribution >= 0.6 is 0 Å². The summed E-state index contributed by atoms with van der Waals surface area (Å²) in [5.41, 5.74) is 1.50. The minimum atomic E-state index is 0.616. The highest BCUT2D eigenvalue weighted by atomic mass is 16.5. The van der Waals surface area contributed by atoms with Crippen LogP contribution in [0.5, 0.6) is 0 Å². The molecule has 1 aliphatic rings. The van der Waals surface area contributed by atoms with Gasteiger partial charge in [0.05, 0.1) is 0 Å². The normalized spacial score (nSPS) is 24.6. The zero-order valence-electron chi connectivity index (χ0n) is 10.9. The molecular formula is C15H23NO. The SMILES string of the molecule is CCNC(CCOC)C1CC1c1ccccc1. The van der Waals surface area contributed by atoms with Gasteiger partial charge in [-0.3, -0.25) is 0 Å². The molecule has 0 spiro atoms. The van der Waals surface area contributed by atoms with E-state index >= 15 is 0 Å². The Kier molecular flexibility index (Phi) is 4.57. The van der Waals surface area contributed by atoms with Gasteiger partial charge in [-0.2, -0.15) is 0 Å². The first kappa shape index (κ1) is 12.6. The molecule has 1 aromatic carbocycles. The third-order valence-electron chi connectivity index (χ3n) is 3.68. The number of ether oxygens (including phenoxy) is 1. The molecule has 0 bridgehead atoms. The molecule has 2 rings (SSSR count). The van der Waals surface area contributed by atoms with Crippen LogP contribution in [0.2, 0.25) is 0 Å². The first-order valence-corrected chi connectivity index (χ1v) is 6.64. The molecule has 0 saturated heterocycles. The van der Waals surface area contributed by atoms with Crippen LogP contribution in [0.25, 0.3) is 0 Å². The van der Waals surface area contributed by atoms with E-state index in [0.717, 1.165) is 31.4 Å². The van der Waals surface area contributed by atoms with Gasteiger partial charge in [-0.1, -0.05) is 37.3 Å². The van der Waals surface area contributed by atoms with E-state index < -0.39 is 0 Å². The molecule has 1 saturated carbocycles. The quantitative estimate of drug-likeness (QED) is 0.782. The minimum Gasteiger partial charge on any atom is -0.385 e. The monoisotopic (exact) mass is 233 g/mol. The Labute approximate surface area is 104 Å². The molecule has 3 unspecified atom stereocenters. The second-order valence-electron chi connectivity index (χ2n) is 4.86. The number of rotatable bonds is 7. The van der Waals surface area contributed by atoms with Crippen molar-refractivity contribution in [1.82, 2.24) is 5.32 Å². The second kappa shape index (κ2) is 6.18. The smallest absolute Gasteiger partial charge is 0.0477 e. The van der Waals surface area contributed by atoms with E-state index in [1.165, 1.54) is 12.0 Å². The molecule has 17 heavy (non-hydrogen) atoms. The molecule has 1 aliphatic carbocycles. The summed E-state index contributed by atoms with van der Waals surface area (Å²) in [4.78, 5) is 0. The Morgan fingerprint density at radius 1 is 1.35 bits per heavy atom. The number of nitrogens with one attached hydrogen (secondary N) is 1. The summed E-state index contributed by atoms with van der Waals surface area (Å²) >= 11 is 0. The molecule has 1 aromatic rings. The van der Waals surface area contributed by atoms with Crippen molar-refractivity contribution >= 4 is 0 Å². The zero-order valence-corrected chi connectivity index (χ0v) is 10.9. The maximum absolute atomic E-state index is 5.20. The van der Waals surface area contributed by atoms with Crippen molar-refractivity contribution in [2.45, 2.75) is 31.7 Å². The van der Waals surface area contributed by atoms with E-state index in [-0.39, 0.29) is 0 Å². The summed E-state index contributed by atoms with van der Waals surface area (Å²) < 4.78 is 5.20. The molecule has 1 N–H and O–H groups in total.